The van der Waals surface area contributed by atoms with Crippen LogP contribution in [0.2, 0.25) is 0 Å². The van der Waals surface area contributed by atoms with Gasteiger partial charge in [0, 0.05) is 19.1 Å². The molecule has 0 saturated heterocycles. The van der Waals surface area contributed by atoms with E-state index in [0.29, 0.717) is 19.1 Å². The van der Waals surface area contributed by atoms with Crippen molar-refractivity contribution >= 4 is 0 Å². The third kappa shape index (κ3) is 5.96. The van der Waals surface area contributed by atoms with Crippen molar-refractivity contribution in [3.63, 3.8) is 0 Å². The summed E-state index contributed by atoms with van der Waals surface area (Å²) in [7, 11) is 0. The minimum Gasteiger partial charge on any atom is -0.439 e. The molecule has 166 valence electrons. The summed E-state index contributed by atoms with van der Waals surface area (Å²) < 4.78 is 8.30. The Labute approximate surface area is 186 Å². The molecule has 3 aromatic rings. The lowest BCUT2D eigenvalue weighted by atomic mass is 10.1. The molecule has 0 bridgehead atoms. The van der Waals surface area contributed by atoms with Crippen LogP contribution in [0.4, 0.5) is 0 Å². The summed E-state index contributed by atoms with van der Waals surface area (Å²) in [6.45, 7) is 11.8. The van der Waals surface area contributed by atoms with Gasteiger partial charge in [0.2, 0.25) is 5.88 Å². The second-order valence-electron chi connectivity index (χ2n) is 8.50. The second-order valence-corrected chi connectivity index (χ2v) is 8.50. The van der Waals surface area contributed by atoms with Crippen LogP contribution in [0.3, 0.4) is 0 Å². The highest BCUT2D eigenvalue weighted by Crippen LogP contribution is 2.32. The summed E-state index contributed by atoms with van der Waals surface area (Å²) in [5.41, 5.74) is 4.13. The molecule has 0 radical (unpaired) electrons. The number of benzene rings is 2. The van der Waals surface area contributed by atoms with E-state index in [1.165, 1.54) is 5.56 Å². The summed E-state index contributed by atoms with van der Waals surface area (Å²) in [5.74, 6) is 1.51. The van der Waals surface area contributed by atoms with Gasteiger partial charge >= 0.3 is 0 Å². The molecule has 5 nitrogen and oxygen atoms in total. The van der Waals surface area contributed by atoms with E-state index >= 15 is 0 Å². The van der Waals surface area contributed by atoms with Crippen LogP contribution >= 0.6 is 0 Å². The molecule has 5 heteroatoms. The fraction of sp³-hybridized carbons (Fsp3) is 0.423. The zero-order valence-corrected chi connectivity index (χ0v) is 19.4. The largest absolute Gasteiger partial charge is 0.439 e. The van der Waals surface area contributed by atoms with Crippen LogP contribution < -0.4 is 4.74 Å². The first kappa shape index (κ1) is 23.0. The smallest absolute Gasteiger partial charge is 0.227 e. The van der Waals surface area contributed by atoms with Gasteiger partial charge in [-0.15, -0.1) is 0 Å². The van der Waals surface area contributed by atoms with Gasteiger partial charge in [-0.25, -0.2) is 4.68 Å². The van der Waals surface area contributed by atoms with Crippen LogP contribution in [0.5, 0.6) is 11.6 Å². The van der Waals surface area contributed by atoms with E-state index in [1.807, 2.05) is 66.2 Å². The topological polar surface area (TPSA) is 50.5 Å². The van der Waals surface area contributed by atoms with E-state index in [4.69, 9.17) is 9.84 Å². The summed E-state index contributed by atoms with van der Waals surface area (Å²) in [6, 6.07) is 18.4. The van der Waals surface area contributed by atoms with Crippen LogP contribution in [-0.4, -0.2) is 38.5 Å². The number of rotatable bonds is 10. The van der Waals surface area contributed by atoms with E-state index in [9.17, 15) is 5.11 Å². The fourth-order valence-corrected chi connectivity index (χ4v) is 3.64. The first-order chi connectivity index (χ1) is 14.9. The van der Waals surface area contributed by atoms with Crippen molar-refractivity contribution < 1.29 is 9.84 Å². The molecule has 0 fully saturated rings. The van der Waals surface area contributed by atoms with Gasteiger partial charge in [0.15, 0.2) is 0 Å². The van der Waals surface area contributed by atoms with Crippen LogP contribution in [0.15, 0.2) is 54.6 Å². The number of para-hydroxylation sites is 1. The molecule has 1 unspecified atom stereocenters. The molecular formula is C26H35N3O2. The Morgan fingerprint density at radius 3 is 2.32 bits per heavy atom. The number of hydrogen-bond acceptors (Lipinski definition) is 4. The minimum atomic E-state index is -0.335. The zero-order valence-electron chi connectivity index (χ0n) is 19.4. The molecule has 0 amide bonds. The number of aromatic nitrogens is 2. The number of ether oxygens (including phenoxy) is 1. The van der Waals surface area contributed by atoms with E-state index in [1.54, 1.807) is 0 Å². The van der Waals surface area contributed by atoms with Crippen molar-refractivity contribution in [2.75, 3.05) is 6.54 Å². The second kappa shape index (κ2) is 10.6. The van der Waals surface area contributed by atoms with Crippen molar-refractivity contribution in [1.82, 2.24) is 14.7 Å². The molecule has 0 saturated carbocycles. The monoisotopic (exact) mass is 421 g/mol. The Bertz CT molecular complexity index is 949. The zero-order chi connectivity index (χ0) is 22.4. The minimum absolute atomic E-state index is 0.290. The maximum Gasteiger partial charge on any atom is 0.227 e. The summed E-state index contributed by atoms with van der Waals surface area (Å²) >= 11 is 0. The van der Waals surface area contributed by atoms with Crippen LogP contribution in [0.25, 0.3) is 5.69 Å². The van der Waals surface area contributed by atoms with E-state index in [2.05, 4.69) is 32.6 Å². The predicted molar refractivity (Wildman–Crippen MR) is 126 cm³/mol. The van der Waals surface area contributed by atoms with E-state index in [-0.39, 0.29) is 6.10 Å². The molecule has 0 aliphatic rings. The highest BCUT2D eigenvalue weighted by molar-refractivity contribution is 5.43. The van der Waals surface area contributed by atoms with Gasteiger partial charge in [0.25, 0.3) is 0 Å². The standard InChI is InChI=1S/C26H35N3O2/c1-6-10-23(30)17-28(19(2)3)18-25-21(5)27-29(22-11-8-7-9-12-22)26(25)31-24-15-13-20(4)14-16-24/h7-9,11-16,19,23,30H,6,10,17-18H2,1-5H3. The molecule has 31 heavy (non-hydrogen) atoms. The Morgan fingerprint density at radius 2 is 1.71 bits per heavy atom. The number of aliphatic hydroxyl groups excluding tert-OH is 1. The molecule has 0 aliphatic heterocycles. The van der Waals surface area contributed by atoms with E-state index in [0.717, 1.165) is 41.4 Å². The van der Waals surface area contributed by atoms with Crippen LogP contribution in [0, 0.1) is 13.8 Å². The third-order valence-corrected chi connectivity index (χ3v) is 5.53. The van der Waals surface area contributed by atoms with Crippen LogP contribution in [-0.2, 0) is 6.54 Å². The van der Waals surface area contributed by atoms with E-state index < -0.39 is 0 Å². The molecule has 0 aliphatic carbocycles. The lowest BCUT2D eigenvalue weighted by Gasteiger charge is -2.29. The quantitative estimate of drug-likeness (QED) is 0.459. The maximum atomic E-state index is 10.4. The van der Waals surface area contributed by atoms with Gasteiger partial charge in [-0.05, 0) is 58.4 Å². The molecule has 1 heterocycles. The summed E-state index contributed by atoms with van der Waals surface area (Å²) in [4.78, 5) is 2.29. The SMILES string of the molecule is CCCC(O)CN(Cc1c(C)nn(-c2ccccc2)c1Oc1ccc(C)cc1)C(C)C. The lowest BCUT2D eigenvalue weighted by molar-refractivity contribution is 0.0837. The van der Waals surface area contributed by atoms with Gasteiger partial charge in [-0.3, -0.25) is 4.90 Å². The highest BCUT2D eigenvalue weighted by Gasteiger charge is 2.23. The molecule has 1 N–H and O–H groups in total. The van der Waals surface area contributed by atoms with Crippen molar-refractivity contribution in [3.8, 4) is 17.3 Å². The molecule has 1 atom stereocenters. The molecule has 3 rings (SSSR count). The maximum absolute atomic E-state index is 10.4. The molecular weight excluding hydrogens is 386 g/mol. The Balaban J connectivity index is 1.99. The van der Waals surface area contributed by atoms with Crippen LogP contribution in [0.1, 0.15) is 50.4 Å². The van der Waals surface area contributed by atoms with Crippen molar-refractivity contribution in [3.05, 3.63) is 71.4 Å². The third-order valence-electron chi connectivity index (χ3n) is 5.53. The number of aliphatic hydroxyl groups is 1. The lowest BCUT2D eigenvalue weighted by Crippen LogP contribution is -2.37. The fourth-order valence-electron chi connectivity index (χ4n) is 3.64. The van der Waals surface area contributed by atoms with Gasteiger partial charge in [-0.1, -0.05) is 49.2 Å². The van der Waals surface area contributed by atoms with Gasteiger partial charge in [0.05, 0.1) is 23.0 Å². The first-order valence-corrected chi connectivity index (χ1v) is 11.2. The normalized spacial score (nSPS) is 12.5. The van der Waals surface area contributed by atoms with Crippen molar-refractivity contribution in [2.24, 2.45) is 0 Å². The summed E-state index contributed by atoms with van der Waals surface area (Å²) in [5, 5.41) is 15.3. The highest BCUT2D eigenvalue weighted by atomic mass is 16.5. The first-order valence-electron chi connectivity index (χ1n) is 11.2. The number of nitrogens with zero attached hydrogens (tertiary/aromatic N) is 3. The molecule has 2 aromatic carbocycles. The van der Waals surface area contributed by atoms with Crippen molar-refractivity contribution in [1.29, 1.82) is 0 Å². The average Bonchev–Trinajstić information content (AvgIpc) is 3.05. The summed E-state index contributed by atoms with van der Waals surface area (Å²) in [6.07, 6.45) is 1.44. The number of aryl methyl sites for hydroxylation is 2. The molecule has 0 spiro atoms. The molecule has 1 aromatic heterocycles. The average molecular weight is 422 g/mol. The Kier molecular flexibility index (Phi) is 7.88. The Hall–Kier alpha value is -2.63. The van der Waals surface area contributed by atoms with Gasteiger partial charge in [0.1, 0.15) is 5.75 Å². The number of hydrogen-bond donors (Lipinski definition) is 1. The van der Waals surface area contributed by atoms with Gasteiger partial charge < -0.3 is 9.84 Å². The van der Waals surface area contributed by atoms with Crippen molar-refractivity contribution in [2.45, 2.75) is 66.2 Å². The predicted octanol–water partition coefficient (Wildman–Crippen LogP) is 5.65. The van der Waals surface area contributed by atoms with Gasteiger partial charge in [-0.2, -0.15) is 5.10 Å². The Morgan fingerprint density at radius 1 is 1.03 bits per heavy atom.